The molecule has 0 bridgehead atoms. The number of hydrogen-bond donors (Lipinski definition) is 3. The molecule has 0 saturated heterocycles. The van der Waals surface area contributed by atoms with Crippen molar-refractivity contribution in [1.82, 2.24) is 5.32 Å². The molecule has 0 aliphatic heterocycles. The molecule has 0 aliphatic carbocycles. The molecule has 1 unspecified atom stereocenters. The zero-order valence-electron chi connectivity index (χ0n) is 11.3. The molecular formula is C16H16FN3O. The number of benzene rings is 2. The van der Waals surface area contributed by atoms with Gasteiger partial charge in [-0.25, -0.2) is 4.39 Å². The zero-order valence-corrected chi connectivity index (χ0v) is 11.3. The van der Waals surface area contributed by atoms with Gasteiger partial charge in [0.05, 0.1) is 5.92 Å². The van der Waals surface area contributed by atoms with Crippen LogP contribution in [-0.2, 0) is 11.2 Å². The first-order valence-corrected chi connectivity index (χ1v) is 6.51. The Morgan fingerprint density at radius 2 is 1.76 bits per heavy atom. The maximum absolute atomic E-state index is 13.8. The summed E-state index contributed by atoms with van der Waals surface area (Å²) in [6.45, 7) is 0. The largest absolute Gasteiger partial charge is 0.370 e. The topological polar surface area (TPSA) is 79.0 Å². The Morgan fingerprint density at radius 1 is 1.14 bits per heavy atom. The second kappa shape index (κ2) is 6.65. The number of nitrogens with two attached hydrogens (primary N) is 1. The van der Waals surface area contributed by atoms with Gasteiger partial charge in [-0.2, -0.15) is 0 Å². The molecule has 1 amide bonds. The van der Waals surface area contributed by atoms with Crippen LogP contribution in [-0.4, -0.2) is 11.9 Å². The van der Waals surface area contributed by atoms with Gasteiger partial charge in [0, 0.05) is 0 Å². The molecule has 0 heterocycles. The molecule has 2 rings (SSSR count). The molecule has 0 fully saturated rings. The monoisotopic (exact) mass is 285 g/mol. The number of amides is 1. The predicted octanol–water partition coefficient (Wildman–Crippen LogP) is 2.16. The van der Waals surface area contributed by atoms with E-state index < -0.39 is 17.8 Å². The number of carbonyl (C=O) groups excluding carboxylic acids is 1. The Hall–Kier alpha value is -2.69. The van der Waals surface area contributed by atoms with Gasteiger partial charge in [0.15, 0.2) is 5.96 Å². The Bertz CT molecular complexity index is 643. The fraction of sp³-hybridized carbons (Fsp3) is 0.125. The van der Waals surface area contributed by atoms with Crippen molar-refractivity contribution in [3.63, 3.8) is 0 Å². The van der Waals surface area contributed by atoms with E-state index in [4.69, 9.17) is 11.1 Å². The Morgan fingerprint density at radius 3 is 2.38 bits per heavy atom. The van der Waals surface area contributed by atoms with Crippen LogP contribution in [0.1, 0.15) is 17.0 Å². The van der Waals surface area contributed by atoms with Gasteiger partial charge in [-0.05, 0) is 23.6 Å². The number of rotatable bonds is 4. The lowest BCUT2D eigenvalue weighted by Crippen LogP contribution is -2.39. The third kappa shape index (κ3) is 3.89. The van der Waals surface area contributed by atoms with E-state index in [1.807, 2.05) is 18.2 Å². The first-order chi connectivity index (χ1) is 10.1. The Balaban J connectivity index is 2.30. The molecule has 0 aliphatic rings. The highest BCUT2D eigenvalue weighted by Crippen LogP contribution is 2.22. The van der Waals surface area contributed by atoms with E-state index >= 15 is 0 Å². The van der Waals surface area contributed by atoms with Gasteiger partial charge in [0.25, 0.3) is 0 Å². The van der Waals surface area contributed by atoms with E-state index in [0.717, 1.165) is 5.56 Å². The summed E-state index contributed by atoms with van der Waals surface area (Å²) in [4.78, 5) is 12.2. The third-order valence-corrected chi connectivity index (χ3v) is 3.16. The van der Waals surface area contributed by atoms with Crippen molar-refractivity contribution < 1.29 is 9.18 Å². The van der Waals surface area contributed by atoms with Crippen LogP contribution in [0.4, 0.5) is 4.39 Å². The van der Waals surface area contributed by atoms with Crippen LogP contribution in [0.2, 0.25) is 0 Å². The van der Waals surface area contributed by atoms with Crippen molar-refractivity contribution in [1.29, 1.82) is 5.41 Å². The third-order valence-electron chi connectivity index (χ3n) is 3.16. The van der Waals surface area contributed by atoms with E-state index in [-0.39, 0.29) is 12.2 Å². The molecule has 4 nitrogen and oxygen atoms in total. The number of nitrogens with one attached hydrogen (secondary N) is 2. The second-order valence-electron chi connectivity index (χ2n) is 4.66. The smallest absolute Gasteiger partial charge is 0.234 e. The number of guanidine groups is 1. The summed E-state index contributed by atoms with van der Waals surface area (Å²) in [6.07, 6.45) is 0.204. The van der Waals surface area contributed by atoms with Crippen LogP contribution < -0.4 is 11.1 Å². The first-order valence-electron chi connectivity index (χ1n) is 6.51. The quantitative estimate of drug-likeness (QED) is 0.594. The molecule has 0 radical (unpaired) electrons. The molecule has 1 atom stereocenters. The van der Waals surface area contributed by atoms with Crippen molar-refractivity contribution in [3.05, 3.63) is 71.5 Å². The minimum absolute atomic E-state index is 0.204. The van der Waals surface area contributed by atoms with Crippen LogP contribution in [0.5, 0.6) is 0 Å². The first kappa shape index (κ1) is 14.7. The maximum Gasteiger partial charge on any atom is 0.234 e. The summed E-state index contributed by atoms with van der Waals surface area (Å²) in [5.74, 6) is -1.80. The van der Waals surface area contributed by atoms with Crippen LogP contribution in [0, 0.1) is 11.2 Å². The highest BCUT2D eigenvalue weighted by Gasteiger charge is 2.22. The number of halogens is 1. The lowest BCUT2D eigenvalue weighted by atomic mass is 9.91. The molecule has 0 aromatic heterocycles. The molecule has 108 valence electrons. The molecule has 21 heavy (non-hydrogen) atoms. The van der Waals surface area contributed by atoms with Crippen molar-refractivity contribution in [2.24, 2.45) is 5.73 Å². The minimum atomic E-state index is -0.605. The van der Waals surface area contributed by atoms with Crippen molar-refractivity contribution in [3.8, 4) is 0 Å². The van der Waals surface area contributed by atoms with Crippen LogP contribution >= 0.6 is 0 Å². The zero-order chi connectivity index (χ0) is 15.2. The molecule has 2 aromatic carbocycles. The molecule has 5 heteroatoms. The number of hydrogen-bond acceptors (Lipinski definition) is 2. The van der Waals surface area contributed by atoms with Gasteiger partial charge in [-0.1, -0.05) is 48.5 Å². The summed E-state index contributed by atoms with van der Waals surface area (Å²) < 4.78 is 13.8. The normalized spacial score (nSPS) is 11.7. The maximum atomic E-state index is 13.8. The Kier molecular flexibility index (Phi) is 4.66. The van der Waals surface area contributed by atoms with Crippen LogP contribution in [0.15, 0.2) is 54.6 Å². The van der Waals surface area contributed by atoms with Gasteiger partial charge in [-0.15, -0.1) is 0 Å². The van der Waals surface area contributed by atoms with Crippen LogP contribution in [0.3, 0.4) is 0 Å². The van der Waals surface area contributed by atoms with Gasteiger partial charge < -0.3 is 5.73 Å². The van der Waals surface area contributed by atoms with Gasteiger partial charge >= 0.3 is 0 Å². The van der Waals surface area contributed by atoms with E-state index in [2.05, 4.69) is 5.32 Å². The van der Waals surface area contributed by atoms with Gasteiger partial charge in [0.2, 0.25) is 5.91 Å². The Labute approximate surface area is 122 Å². The lowest BCUT2D eigenvalue weighted by Gasteiger charge is -2.17. The minimum Gasteiger partial charge on any atom is -0.370 e. The molecular weight excluding hydrogens is 269 g/mol. The molecule has 2 aromatic rings. The summed E-state index contributed by atoms with van der Waals surface area (Å²) in [6, 6.07) is 15.4. The van der Waals surface area contributed by atoms with Crippen molar-refractivity contribution in [2.75, 3.05) is 0 Å². The van der Waals surface area contributed by atoms with Gasteiger partial charge in [0.1, 0.15) is 5.82 Å². The molecule has 4 N–H and O–H groups in total. The second-order valence-corrected chi connectivity index (χ2v) is 4.66. The summed E-state index contributed by atoms with van der Waals surface area (Å²) in [7, 11) is 0. The van der Waals surface area contributed by atoms with Crippen molar-refractivity contribution in [2.45, 2.75) is 12.3 Å². The van der Waals surface area contributed by atoms with E-state index in [9.17, 15) is 9.18 Å². The highest BCUT2D eigenvalue weighted by atomic mass is 19.1. The predicted molar refractivity (Wildman–Crippen MR) is 79.3 cm³/mol. The fourth-order valence-electron chi connectivity index (χ4n) is 2.15. The summed E-state index contributed by atoms with van der Waals surface area (Å²) >= 11 is 0. The van der Waals surface area contributed by atoms with E-state index in [0.29, 0.717) is 5.56 Å². The summed E-state index contributed by atoms with van der Waals surface area (Å²) in [5, 5.41) is 9.46. The van der Waals surface area contributed by atoms with E-state index in [1.54, 1.807) is 30.3 Å². The van der Waals surface area contributed by atoms with Crippen LogP contribution in [0.25, 0.3) is 0 Å². The summed E-state index contributed by atoms with van der Waals surface area (Å²) in [5.41, 5.74) is 6.41. The average Bonchev–Trinajstić information content (AvgIpc) is 2.46. The standard InChI is InChI=1S/C16H16FN3O/c17-14-9-5-4-8-12(14)10-13(15(21)20-16(18)19)11-6-2-1-3-7-11/h1-9,13H,10H2,(H4,18,19,20,21). The van der Waals surface area contributed by atoms with Gasteiger partial charge in [-0.3, -0.25) is 15.5 Å². The SMILES string of the molecule is N=C(N)NC(=O)C(Cc1ccccc1F)c1ccccc1. The molecule has 0 spiro atoms. The lowest BCUT2D eigenvalue weighted by molar-refractivity contribution is -0.121. The highest BCUT2D eigenvalue weighted by molar-refractivity contribution is 5.98. The van der Waals surface area contributed by atoms with Crippen molar-refractivity contribution >= 4 is 11.9 Å². The average molecular weight is 285 g/mol. The van der Waals surface area contributed by atoms with E-state index in [1.165, 1.54) is 6.07 Å². The fourth-order valence-corrected chi connectivity index (χ4v) is 2.15. The molecule has 0 saturated carbocycles. The number of carbonyl (C=O) groups is 1.